The van der Waals surface area contributed by atoms with E-state index in [0.29, 0.717) is 23.9 Å². The van der Waals surface area contributed by atoms with Crippen LogP contribution < -0.4 is 5.32 Å². The lowest BCUT2D eigenvalue weighted by molar-refractivity contribution is -0.120. The van der Waals surface area contributed by atoms with E-state index in [9.17, 15) is 4.79 Å². The molecule has 1 aromatic rings. The van der Waals surface area contributed by atoms with E-state index in [1.165, 1.54) is 11.1 Å². The maximum Gasteiger partial charge on any atom is 0.137 e. The second kappa shape index (κ2) is 5.46. The van der Waals surface area contributed by atoms with E-state index >= 15 is 0 Å². The van der Waals surface area contributed by atoms with Crippen molar-refractivity contribution in [2.45, 2.75) is 52.6 Å². The summed E-state index contributed by atoms with van der Waals surface area (Å²) >= 11 is 0. The molecule has 2 heteroatoms. The van der Waals surface area contributed by atoms with Crippen molar-refractivity contribution in [1.29, 1.82) is 0 Å². The maximum absolute atomic E-state index is 12.0. The normalized spacial score (nSPS) is 30.2. The molecular weight excluding hydrogens is 234 g/mol. The minimum Gasteiger partial charge on any atom is -0.307 e. The van der Waals surface area contributed by atoms with E-state index in [1.54, 1.807) is 6.92 Å². The maximum atomic E-state index is 12.0. The first-order chi connectivity index (χ1) is 8.93. The zero-order valence-electron chi connectivity index (χ0n) is 12.6. The van der Waals surface area contributed by atoms with E-state index in [4.69, 9.17) is 0 Å². The highest BCUT2D eigenvalue weighted by Gasteiger charge is 2.39. The summed E-state index contributed by atoms with van der Waals surface area (Å²) in [6, 6.07) is 9.22. The van der Waals surface area contributed by atoms with Gasteiger partial charge < -0.3 is 5.32 Å². The lowest BCUT2D eigenvalue weighted by Gasteiger charge is -2.42. The summed E-state index contributed by atoms with van der Waals surface area (Å²) in [6.45, 7) is 10.5. The Morgan fingerprint density at radius 2 is 1.68 bits per heavy atom. The molecule has 0 bridgehead atoms. The molecule has 19 heavy (non-hydrogen) atoms. The van der Waals surface area contributed by atoms with Crippen molar-refractivity contribution in [3.63, 3.8) is 0 Å². The second-order valence-corrected chi connectivity index (χ2v) is 6.23. The van der Waals surface area contributed by atoms with Crippen molar-refractivity contribution in [3.8, 4) is 0 Å². The Labute approximate surface area is 116 Å². The molecule has 1 aliphatic rings. The summed E-state index contributed by atoms with van der Waals surface area (Å²) in [7, 11) is 0. The molecule has 1 aliphatic carbocycles. The molecule has 0 saturated carbocycles. The van der Waals surface area contributed by atoms with Crippen molar-refractivity contribution in [1.82, 2.24) is 5.32 Å². The van der Waals surface area contributed by atoms with Crippen LogP contribution in [0.1, 0.15) is 57.7 Å². The van der Waals surface area contributed by atoms with E-state index in [1.807, 2.05) is 6.07 Å². The first-order valence-electron chi connectivity index (χ1n) is 7.28. The molecule has 4 unspecified atom stereocenters. The Morgan fingerprint density at radius 1 is 1.11 bits per heavy atom. The van der Waals surface area contributed by atoms with Crippen LogP contribution in [0, 0.1) is 11.8 Å². The number of carbonyl (C=O) groups is 1. The molecule has 2 nitrogen and oxygen atoms in total. The van der Waals surface area contributed by atoms with Gasteiger partial charge in [-0.15, -0.1) is 0 Å². The molecule has 0 radical (unpaired) electrons. The van der Waals surface area contributed by atoms with Crippen LogP contribution in [-0.2, 0) is 4.79 Å². The second-order valence-electron chi connectivity index (χ2n) is 6.23. The molecule has 0 spiro atoms. The van der Waals surface area contributed by atoms with Crippen LogP contribution in [0.3, 0.4) is 0 Å². The Bertz CT molecular complexity index is 466. The summed E-state index contributed by atoms with van der Waals surface area (Å²) in [5.74, 6) is 1.18. The molecule has 0 fully saturated rings. The minimum absolute atomic E-state index is 0.0522. The lowest BCUT2D eigenvalue weighted by atomic mass is 9.66. The summed E-state index contributed by atoms with van der Waals surface area (Å²) in [6.07, 6.45) is 0. The fourth-order valence-electron chi connectivity index (χ4n) is 3.44. The van der Waals surface area contributed by atoms with Gasteiger partial charge in [-0.3, -0.25) is 4.79 Å². The van der Waals surface area contributed by atoms with E-state index in [-0.39, 0.29) is 11.7 Å². The van der Waals surface area contributed by atoms with Crippen LogP contribution >= 0.6 is 0 Å². The van der Waals surface area contributed by atoms with Crippen LogP contribution in [0.2, 0.25) is 0 Å². The molecule has 104 valence electrons. The molecular formula is C17H25NO. The Balaban J connectivity index is 2.49. The first kappa shape index (κ1) is 14.3. The van der Waals surface area contributed by atoms with Gasteiger partial charge in [-0.05, 0) is 29.9 Å². The molecule has 0 amide bonds. The van der Waals surface area contributed by atoms with Crippen LogP contribution in [0.5, 0.6) is 0 Å². The van der Waals surface area contributed by atoms with E-state index < -0.39 is 0 Å². The SMILES string of the molecule is CC(=O)C1c2ccccc2C(NC(C)C)C(C)C1C. The van der Waals surface area contributed by atoms with Gasteiger partial charge in [0.05, 0.1) is 0 Å². The van der Waals surface area contributed by atoms with Crippen LogP contribution in [0.4, 0.5) is 0 Å². The van der Waals surface area contributed by atoms with Crippen molar-refractivity contribution in [2.75, 3.05) is 0 Å². The quantitative estimate of drug-likeness (QED) is 0.897. The number of carbonyl (C=O) groups excluding carboxylic acids is 1. The van der Waals surface area contributed by atoms with Crippen LogP contribution in [0.15, 0.2) is 24.3 Å². The van der Waals surface area contributed by atoms with Crippen molar-refractivity contribution < 1.29 is 4.79 Å². The number of hydrogen-bond acceptors (Lipinski definition) is 2. The molecule has 0 aliphatic heterocycles. The van der Waals surface area contributed by atoms with E-state index in [2.05, 4.69) is 51.2 Å². The topological polar surface area (TPSA) is 29.1 Å². The van der Waals surface area contributed by atoms with Crippen molar-refractivity contribution in [2.24, 2.45) is 11.8 Å². The number of rotatable bonds is 3. The third-order valence-electron chi connectivity index (χ3n) is 4.50. The van der Waals surface area contributed by atoms with Gasteiger partial charge >= 0.3 is 0 Å². The van der Waals surface area contributed by atoms with Gasteiger partial charge in [-0.2, -0.15) is 0 Å². The average molecular weight is 259 g/mol. The van der Waals surface area contributed by atoms with Gasteiger partial charge in [0.2, 0.25) is 0 Å². The zero-order chi connectivity index (χ0) is 14.2. The Kier molecular flexibility index (Phi) is 4.10. The van der Waals surface area contributed by atoms with Crippen molar-refractivity contribution >= 4 is 5.78 Å². The van der Waals surface area contributed by atoms with Crippen molar-refractivity contribution in [3.05, 3.63) is 35.4 Å². The number of benzene rings is 1. The summed E-state index contributed by atoms with van der Waals surface area (Å²) in [4.78, 5) is 12.0. The van der Waals surface area contributed by atoms with E-state index in [0.717, 1.165) is 0 Å². The highest BCUT2D eigenvalue weighted by Crippen LogP contribution is 2.45. The first-order valence-corrected chi connectivity index (χ1v) is 7.28. The molecule has 0 heterocycles. The van der Waals surface area contributed by atoms with Gasteiger partial charge in [0.1, 0.15) is 5.78 Å². The highest BCUT2D eigenvalue weighted by molar-refractivity contribution is 5.84. The number of fused-ring (bicyclic) bond motifs is 1. The summed E-state index contributed by atoms with van der Waals surface area (Å²) < 4.78 is 0. The Morgan fingerprint density at radius 3 is 2.21 bits per heavy atom. The number of ketones is 1. The molecule has 0 aromatic heterocycles. The third-order valence-corrected chi connectivity index (χ3v) is 4.50. The number of hydrogen-bond donors (Lipinski definition) is 1. The minimum atomic E-state index is 0.0522. The average Bonchev–Trinajstić information content (AvgIpc) is 2.34. The lowest BCUT2D eigenvalue weighted by Crippen LogP contribution is -2.41. The van der Waals surface area contributed by atoms with Gasteiger partial charge in [0, 0.05) is 18.0 Å². The monoisotopic (exact) mass is 259 g/mol. The highest BCUT2D eigenvalue weighted by atomic mass is 16.1. The predicted molar refractivity (Wildman–Crippen MR) is 79.2 cm³/mol. The largest absolute Gasteiger partial charge is 0.307 e. The summed E-state index contributed by atoms with van der Waals surface area (Å²) in [5.41, 5.74) is 2.53. The number of nitrogens with one attached hydrogen (secondary N) is 1. The molecule has 0 saturated heterocycles. The van der Waals surface area contributed by atoms with Gasteiger partial charge in [-0.1, -0.05) is 52.0 Å². The van der Waals surface area contributed by atoms with Gasteiger partial charge in [0.15, 0.2) is 0 Å². The smallest absolute Gasteiger partial charge is 0.137 e. The molecule has 2 rings (SSSR count). The van der Waals surface area contributed by atoms with Gasteiger partial charge in [0.25, 0.3) is 0 Å². The number of Topliss-reactive ketones (excluding diaryl/α,β-unsaturated/α-hetero) is 1. The standard InChI is InChI=1S/C17H25NO/c1-10(2)18-17-12(4)11(3)16(13(5)19)14-8-6-7-9-15(14)17/h6-12,16-18H,1-5H3. The molecule has 1 N–H and O–H groups in total. The fraction of sp³-hybridized carbons (Fsp3) is 0.588. The fourth-order valence-corrected chi connectivity index (χ4v) is 3.44. The Hall–Kier alpha value is -1.15. The third kappa shape index (κ3) is 2.59. The van der Waals surface area contributed by atoms with Crippen LogP contribution in [0.25, 0.3) is 0 Å². The zero-order valence-corrected chi connectivity index (χ0v) is 12.6. The molecule has 1 aromatic carbocycles. The summed E-state index contributed by atoms with van der Waals surface area (Å²) in [5, 5.41) is 3.67. The van der Waals surface area contributed by atoms with Crippen LogP contribution in [-0.4, -0.2) is 11.8 Å². The molecule has 4 atom stereocenters. The predicted octanol–water partition coefficient (Wildman–Crippen LogP) is 3.68. The van der Waals surface area contributed by atoms with Gasteiger partial charge in [-0.25, -0.2) is 0 Å².